The fourth-order valence-electron chi connectivity index (χ4n) is 4.65. The number of aliphatic hydroxyl groups is 1. The molecule has 1 heterocycles. The molecule has 37 heavy (non-hydrogen) atoms. The second-order valence-electron chi connectivity index (χ2n) is 8.99. The molecule has 0 aliphatic heterocycles. The number of halogens is 3. The van der Waals surface area contributed by atoms with Crippen molar-refractivity contribution in [3.05, 3.63) is 83.6 Å². The monoisotopic (exact) mass is 516 g/mol. The molecule has 1 amide bonds. The molecule has 0 spiro atoms. The number of carbonyl (C=O) groups excluding carboxylic acids is 1. The normalized spacial score (nSPS) is 20.4. The molecule has 1 aromatic carbocycles. The number of aromatic nitrogens is 1. The number of benzene rings is 1. The SMILES string of the molecule is C=C/C(NC(=O)c1ccc(F)c(-c2c(F)ccc(OCCO)c2F)n1)=C(\C=C/N)[C@@H]1C[C@H](C)C[C@H](N)C1. The molecule has 3 atom stereocenters. The molecule has 3 rings (SSSR count). The third kappa shape index (κ3) is 6.58. The number of rotatable bonds is 9. The van der Waals surface area contributed by atoms with E-state index in [2.05, 4.69) is 23.8 Å². The van der Waals surface area contributed by atoms with Gasteiger partial charge in [-0.15, -0.1) is 0 Å². The minimum atomic E-state index is -1.21. The van der Waals surface area contributed by atoms with Crippen LogP contribution < -0.4 is 21.5 Å². The van der Waals surface area contributed by atoms with Gasteiger partial charge in [0, 0.05) is 11.7 Å². The molecule has 1 fully saturated rings. The molecule has 0 bridgehead atoms. The Morgan fingerprint density at radius 2 is 1.95 bits per heavy atom. The Morgan fingerprint density at radius 1 is 1.22 bits per heavy atom. The van der Waals surface area contributed by atoms with E-state index in [1.165, 1.54) is 12.3 Å². The van der Waals surface area contributed by atoms with E-state index < -0.39 is 47.0 Å². The van der Waals surface area contributed by atoms with Gasteiger partial charge in [-0.3, -0.25) is 4.79 Å². The van der Waals surface area contributed by atoms with Gasteiger partial charge in [0.05, 0.1) is 12.2 Å². The Balaban J connectivity index is 1.98. The van der Waals surface area contributed by atoms with Gasteiger partial charge < -0.3 is 26.6 Å². The van der Waals surface area contributed by atoms with Gasteiger partial charge in [-0.1, -0.05) is 13.5 Å². The van der Waals surface area contributed by atoms with Crippen molar-refractivity contribution in [2.75, 3.05) is 13.2 Å². The van der Waals surface area contributed by atoms with Crippen LogP contribution in [0.2, 0.25) is 0 Å². The third-order valence-corrected chi connectivity index (χ3v) is 6.18. The zero-order valence-corrected chi connectivity index (χ0v) is 20.5. The van der Waals surface area contributed by atoms with Gasteiger partial charge >= 0.3 is 0 Å². The number of nitrogens with zero attached hydrogens (tertiary/aromatic N) is 1. The van der Waals surface area contributed by atoms with Crippen LogP contribution in [0.1, 0.15) is 36.7 Å². The molecule has 1 aromatic heterocycles. The number of amides is 1. The highest BCUT2D eigenvalue weighted by Gasteiger charge is 2.28. The van der Waals surface area contributed by atoms with E-state index in [9.17, 15) is 18.0 Å². The van der Waals surface area contributed by atoms with Crippen LogP contribution in [0.15, 0.2) is 60.5 Å². The summed E-state index contributed by atoms with van der Waals surface area (Å²) in [5.41, 5.74) is 11.2. The maximum Gasteiger partial charge on any atom is 0.274 e. The minimum Gasteiger partial charge on any atom is -0.488 e. The van der Waals surface area contributed by atoms with Crippen LogP contribution in [0.5, 0.6) is 5.75 Å². The van der Waals surface area contributed by atoms with E-state index in [4.69, 9.17) is 21.3 Å². The summed E-state index contributed by atoms with van der Waals surface area (Å²) in [6.07, 6.45) is 6.94. The second kappa shape index (κ2) is 12.6. The number of hydrogen-bond acceptors (Lipinski definition) is 6. The van der Waals surface area contributed by atoms with E-state index in [0.717, 1.165) is 42.7 Å². The van der Waals surface area contributed by atoms with E-state index in [0.29, 0.717) is 18.0 Å². The average molecular weight is 517 g/mol. The van der Waals surface area contributed by atoms with Crippen molar-refractivity contribution >= 4 is 5.91 Å². The lowest BCUT2D eigenvalue weighted by Gasteiger charge is -2.33. The van der Waals surface area contributed by atoms with Crippen molar-refractivity contribution in [3.63, 3.8) is 0 Å². The fourth-order valence-corrected chi connectivity index (χ4v) is 4.65. The Hall–Kier alpha value is -3.63. The van der Waals surface area contributed by atoms with Crippen molar-refractivity contribution in [1.82, 2.24) is 10.3 Å². The molecule has 198 valence electrons. The summed E-state index contributed by atoms with van der Waals surface area (Å²) in [5, 5.41) is 11.6. The first-order valence-corrected chi connectivity index (χ1v) is 11.9. The Labute approximate surface area is 213 Å². The number of nitrogens with two attached hydrogens (primary N) is 2. The predicted octanol–water partition coefficient (Wildman–Crippen LogP) is 3.94. The van der Waals surface area contributed by atoms with Crippen LogP contribution in [-0.4, -0.2) is 35.3 Å². The van der Waals surface area contributed by atoms with E-state index >= 15 is 0 Å². The number of carbonyl (C=O) groups is 1. The molecule has 0 saturated heterocycles. The number of aliphatic hydroxyl groups excluding tert-OH is 1. The van der Waals surface area contributed by atoms with Crippen molar-refractivity contribution in [2.45, 2.75) is 32.2 Å². The first-order chi connectivity index (χ1) is 17.7. The van der Waals surface area contributed by atoms with Crippen molar-refractivity contribution in [2.24, 2.45) is 23.3 Å². The summed E-state index contributed by atoms with van der Waals surface area (Å²) < 4.78 is 49.3. The van der Waals surface area contributed by atoms with E-state index in [1.54, 1.807) is 6.08 Å². The number of nitrogens with one attached hydrogen (secondary N) is 1. The maximum absolute atomic E-state index is 15.0. The van der Waals surface area contributed by atoms with Crippen LogP contribution in [0.25, 0.3) is 11.3 Å². The number of allylic oxidation sites excluding steroid dienone is 3. The van der Waals surface area contributed by atoms with Crippen LogP contribution >= 0.6 is 0 Å². The standard InChI is InChI=1S/C27H31F3N4O3/c1-3-21(18(8-9-31)16-12-15(2)13-17(32)14-16)34-27(36)22-6-4-20(29)26(33-22)24-19(28)5-7-23(25(24)30)37-11-10-35/h3-9,15-17,35H,1,10-14,31-32H2,2H3,(H,34,36)/b9-8-,21-18-/t15-,16+,17-/m0/s1. The molecular formula is C27H31F3N4O3. The van der Waals surface area contributed by atoms with Crippen LogP contribution in [0.3, 0.4) is 0 Å². The average Bonchev–Trinajstić information content (AvgIpc) is 2.86. The summed E-state index contributed by atoms with van der Waals surface area (Å²) in [7, 11) is 0. The zero-order chi connectivity index (χ0) is 27.1. The van der Waals surface area contributed by atoms with E-state index in [-0.39, 0.29) is 24.3 Å². The number of ether oxygens (including phenoxy) is 1. The molecule has 2 aromatic rings. The predicted molar refractivity (Wildman–Crippen MR) is 135 cm³/mol. The molecule has 1 aliphatic carbocycles. The highest BCUT2D eigenvalue weighted by atomic mass is 19.1. The topological polar surface area (TPSA) is 123 Å². The summed E-state index contributed by atoms with van der Waals surface area (Å²) >= 11 is 0. The van der Waals surface area contributed by atoms with Gasteiger partial charge in [0.25, 0.3) is 5.91 Å². The van der Waals surface area contributed by atoms with Gasteiger partial charge in [0.2, 0.25) is 0 Å². The van der Waals surface area contributed by atoms with Gasteiger partial charge in [0.15, 0.2) is 11.6 Å². The fraction of sp³-hybridized carbons (Fsp3) is 0.333. The molecule has 6 N–H and O–H groups in total. The number of hydrogen-bond donors (Lipinski definition) is 4. The maximum atomic E-state index is 15.0. The van der Waals surface area contributed by atoms with Crippen LogP contribution in [0.4, 0.5) is 13.2 Å². The number of pyridine rings is 1. The van der Waals surface area contributed by atoms with Gasteiger partial charge in [-0.05, 0) is 79.3 Å². The Kier molecular flexibility index (Phi) is 9.48. The molecule has 1 aliphatic rings. The summed E-state index contributed by atoms with van der Waals surface area (Å²) in [6, 6.07) is 3.91. The zero-order valence-electron chi connectivity index (χ0n) is 20.5. The summed E-state index contributed by atoms with van der Waals surface area (Å²) in [5.74, 6) is -4.07. The summed E-state index contributed by atoms with van der Waals surface area (Å²) in [6.45, 7) is 5.24. The highest BCUT2D eigenvalue weighted by Crippen LogP contribution is 2.35. The first-order valence-electron chi connectivity index (χ1n) is 11.9. The lowest BCUT2D eigenvalue weighted by atomic mass is 9.75. The lowest BCUT2D eigenvalue weighted by Crippen LogP contribution is -2.34. The lowest BCUT2D eigenvalue weighted by molar-refractivity contribution is 0.0961. The summed E-state index contributed by atoms with van der Waals surface area (Å²) in [4.78, 5) is 17.0. The quantitative estimate of drug-likeness (QED) is 0.375. The van der Waals surface area contributed by atoms with Crippen molar-refractivity contribution < 1.29 is 27.8 Å². The third-order valence-electron chi connectivity index (χ3n) is 6.18. The minimum absolute atomic E-state index is 0.0000658. The van der Waals surface area contributed by atoms with Gasteiger partial charge in [-0.25, -0.2) is 18.2 Å². The molecule has 0 unspecified atom stereocenters. The van der Waals surface area contributed by atoms with Crippen LogP contribution in [-0.2, 0) is 0 Å². The molecule has 1 saturated carbocycles. The molecule has 0 radical (unpaired) electrons. The second-order valence-corrected chi connectivity index (χ2v) is 8.99. The largest absolute Gasteiger partial charge is 0.488 e. The first kappa shape index (κ1) is 27.9. The van der Waals surface area contributed by atoms with Crippen LogP contribution in [0, 0.1) is 29.3 Å². The molecule has 7 nitrogen and oxygen atoms in total. The van der Waals surface area contributed by atoms with Gasteiger partial charge in [-0.2, -0.15) is 0 Å². The Bertz CT molecular complexity index is 1210. The van der Waals surface area contributed by atoms with Gasteiger partial charge in [0.1, 0.15) is 29.6 Å². The molecular weight excluding hydrogens is 485 g/mol. The molecule has 10 heteroatoms. The Morgan fingerprint density at radius 3 is 2.59 bits per heavy atom. The smallest absolute Gasteiger partial charge is 0.274 e. The van der Waals surface area contributed by atoms with E-state index in [1.807, 2.05) is 0 Å². The highest BCUT2D eigenvalue weighted by molar-refractivity contribution is 5.94. The van der Waals surface area contributed by atoms with Crippen molar-refractivity contribution in [1.29, 1.82) is 0 Å². The van der Waals surface area contributed by atoms with Crippen molar-refractivity contribution in [3.8, 4) is 17.0 Å².